The van der Waals surface area contributed by atoms with Crippen LogP contribution < -0.4 is 10.5 Å². The number of sulfonamides is 1. The van der Waals surface area contributed by atoms with Gasteiger partial charge < -0.3 is 5.73 Å². The minimum absolute atomic E-state index is 0.231. The van der Waals surface area contributed by atoms with Gasteiger partial charge in [0, 0.05) is 12.1 Å². The number of rotatable bonds is 4. The van der Waals surface area contributed by atoms with Crippen molar-refractivity contribution in [1.29, 1.82) is 0 Å². The highest BCUT2D eigenvalue weighted by molar-refractivity contribution is 7.89. The van der Waals surface area contributed by atoms with E-state index in [0.717, 1.165) is 18.4 Å². The molecular formula is C11H16N2O2S. The molecule has 0 radical (unpaired) electrons. The molecule has 88 valence electrons. The van der Waals surface area contributed by atoms with Gasteiger partial charge in [0.1, 0.15) is 0 Å². The zero-order valence-electron chi connectivity index (χ0n) is 9.23. The number of benzene rings is 1. The fourth-order valence-electron chi connectivity index (χ4n) is 1.48. The maximum atomic E-state index is 11.9. The van der Waals surface area contributed by atoms with Crippen LogP contribution in [0.15, 0.2) is 29.2 Å². The monoisotopic (exact) mass is 240 g/mol. The maximum Gasteiger partial charge on any atom is 0.241 e. The van der Waals surface area contributed by atoms with Crippen LogP contribution in [0.3, 0.4) is 0 Å². The van der Waals surface area contributed by atoms with Crippen LogP contribution in [-0.2, 0) is 16.6 Å². The largest absolute Gasteiger partial charge is 0.326 e. The second-order valence-electron chi connectivity index (χ2n) is 4.51. The summed E-state index contributed by atoms with van der Waals surface area (Å²) in [5.74, 6) is 0. The normalized spacial score (nSPS) is 18.4. The van der Waals surface area contributed by atoms with Gasteiger partial charge in [-0.05, 0) is 37.5 Å². The third kappa shape index (κ3) is 2.42. The summed E-state index contributed by atoms with van der Waals surface area (Å²) in [5, 5.41) is 0. The molecule has 0 amide bonds. The predicted molar refractivity (Wildman–Crippen MR) is 62.3 cm³/mol. The van der Waals surface area contributed by atoms with Crippen molar-refractivity contribution in [1.82, 2.24) is 4.72 Å². The fourth-order valence-corrected chi connectivity index (χ4v) is 2.94. The summed E-state index contributed by atoms with van der Waals surface area (Å²) in [6, 6.07) is 6.67. The molecule has 5 heteroatoms. The quantitative estimate of drug-likeness (QED) is 0.824. The van der Waals surface area contributed by atoms with Crippen molar-refractivity contribution in [2.24, 2.45) is 5.73 Å². The summed E-state index contributed by atoms with van der Waals surface area (Å²) in [6.45, 7) is 2.34. The Morgan fingerprint density at radius 2 is 1.88 bits per heavy atom. The van der Waals surface area contributed by atoms with Gasteiger partial charge in [0.2, 0.25) is 10.0 Å². The molecule has 0 atom stereocenters. The first-order chi connectivity index (χ1) is 7.45. The van der Waals surface area contributed by atoms with E-state index < -0.39 is 10.0 Å². The van der Waals surface area contributed by atoms with Crippen LogP contribution in [0.1, 0.15) is 25.3 Å². The Balaban J connectivity index is 2.21. The van der Waals surface area contributed by atoms with Gasteiger partial charge in [0.25, 0.3) is 0 Å². The van der Waals surface area contributed by atoms with Crippen LogP contribution in [-0.4, -0.2) is 14.0 Å². The highest BCUT2D eigenvalue weighted by Gasteiger charge is 2.41. The van der Waals surface area contributed by atoms with Crippen molar-refractivity contribution in [2.75, 3.05) is 0 Å². The minimum atomic E-state index is -3.37. The van der Waals surface area contributed by atoms with Crippen molar-refractivity contribution < 1.29 is 8.42 Å². The molecule has 1 fully saturated rings. The van der Waals surface area contributed by atoms with Crippen LogP contribution in [0.4, 0.5) is 0 Å². The van der Waals surface area contributed by atoms with Crippen LogP contribution in [0.2, 0.25) is 0 Å². The Labute approximate surface area is 95.9 Å². The van der Waals surface area contributed by atoms with E-state index in [1.54, 1.807) is 24.3 Å². The summed E-state index contributed by atoms with van der Waals surface area (Å²) in [6.07, 6.45) is 1.82. The molecule has 0 bridgehead atoms. The van der Waals surface area contributed by atoms with E-state index in [1.807, 2.05) is 6.92 Å². The number of nitrogens with one attached hydrogen (secondary N) is 1. The van der Waals surface area contributed by atoms with Crippen molar-refractivity contribution >= 4 is 10.0 Å². The first kappa shape index (κ1) is 11.6. The van der Waals surface area contributed by atoms with Gasteiger partial charge in [-0.25, -0.2) is 13.1 Å². The molecule has 0 saturated heterocycles. The van der Waals surface area contributed by atoms with Gasteiger partial charge in [-0.2, -0.15) is 0 Å². The van der Waals surface area contributed by atoms with Crippen LogP contribution >= 0.6 is 0 Å². The van der Waals surface area contributed by atoms with Crippen LogP contribution in [0.25, 0.3) is 0 Å². The topological polar surface area (TPSA) is 72.2 Å². The lowest BCUT2D eigenvalue weighted by Crippen LogP contribution is -2.34. The van der Waals surface area contributed by atoms with Crippen molar-refractivity contribution in [3.05, 3.63) is 29.8 Å². The molecule has 1 saturated carbocycles. The molecular weight excluding hydrogens is 224 g/mol. The molecule has 0 heterocycles. The highest BCUT2D eigenvalue weighted by Crippen LogP contribution is 2.35. The van der Waals surface area contributed by atoms with Gasteiger partial charge in [0.05, 0.1) is 4.90 Å². The van der Waals surface area contributed by atoms with Gasteiger partial charge in [-0.3, -0.25) is 0 Å². The molecule has 1 aliphatic carbocycles. The van der Waals surface area contributed by atoms with E-state index in [2.05, 4.69) is 4.72 Å². The van der Waals surface area contributed by atoms with Gasteiger partial charge in [0.15, 0.2) is 0 Å². The summed E-state index contributed by atoms with van der Waals surface area (Å²) >= 11 is 0. The molecule has 2 rings (SSSR count). The third-order valence-corrected chi connectivity index (χ3v) is 4.50. The highest BCUT2D eigenvalue weighted by atomic mass is 32.2. The molecule has 0 unspecified atom stereocenters. The number of hydrogen-bond acceptors (Lipinski definition) is 3. The Morgan fingerprint density at radius 1 is 1.31 bits per heavy atom. The second kappa shape index (κ2) is 3.84. The van der Waals surface area contributed by atoms with Gasteiger partial charge in [-0.15, -0.1) is 0 Å². The lowest BCUT2D eigenvalue weighted by molar-refractivity contribution is 0.558. The Kier molecular flexibility index (Phi) is 2.77. The zero-order valence-corrected chi connectivity index (χ0v) is 10.0. The standard InChI is InChI=1S/C11H16N2O2S/c1-11(6-7-11)13-16(14,15)10-4-2-9(8-12)3-5-10/h2-5,13H,6-8,12H2,1H3. The Bertz CT molecular complexity index is 475. The lowest BCUT2D eigenvalue weighted by atomic mass is 10.2. The van der Waals surface area contributed by atoms with Crippen LogP contribution in [0, 0.1) is 0 Å². The van der Waals surface area contributed by atoms with E-state index in [1.165, 1.54) is 0 Å². The average molecular weight is 240 g/mol. The number of hydrogen-bond donors (Lipinski definition) is 2. The van der Waals surface area contributed by atoms with Crippen molar-refractivity contribution in [3.8, 4) is 0 Å². The second-order valence-corrected chi connectivity index (χ2v) is 6.20. The summed E-state index contributed by atoms with van der Waals surface area (Å²) in [4.78, 5) is 0.304. The molecule has 16 heavy (non-hydrogen) atoms. The molecule has 1 aromatic rings. The molecule has 1 aromatic carbocycles. The van der Waals surface area contributed by atoms with Crippen LogP contribution in [0.5, 0.6) is 0 Å². The van der Waals surface area contributed by atoms with E-state index >= 15 is 0 Å². The summed E-state index contributed by atoms with van der Waals surface area (Å²) in [5.41, 5.74) is 6.15. The molecule has 0 aliphatic heterocycles. The molecule has 4 nitrogen and oxygen atoms in total. The van der Waals surface area contributed by atoms with Gasteiger partial charge >= 0.3 is 0 Å². The summed E-state index contributed by atoms with van der Waals surface area (Å²) < 4.78 is 26.6. The molecule has 0 spiro atoms. The Hall–Kier alpha value is -0.910. The first-order valence-corrected chi connectivity index (χ1v) is 6.77. The fraction of sp³-hybridized carbons (Fsp3) is 0.455. The smallest absolute Gasteiger partial charge is 0.241 e. The number of nitrogens with two attached hydrogens (primary N) is 1. The van der Waals surface area contributed by atoms with Gasteiger partial charge in [-0.1, -0.05) is 12.1 Å². The Morgan fingerprint density at radius 3 is 2.31 bits per heavy atom. The molecule has 1 aliphatic rings. The maximum absolute atomic E-state index is 11.9. The summed E-state index contributed by atoms with van der Waals surface area (Å²) in [7, 11) is -3.37. The van der Waals surface area contributed by atoms with E-state index in [4.69, 9.17) is 5.73 Å². The van der Waals surface area contributed by atoms with Crippen molar-refractivity contribution in [2.45, 2.75) is 36.7 Å². The zero-order chi connectivity index (χ0) is 11.8. The SMILES string of the molecule is CC1(NS(=O)(=O)c2ccc(CN)cc2)CC1. The average Bonchev–Trinajstić information content (AvgIpc) is 2.95. The van der Waals surface area contributed by atoms with E-state index in [0.29, 0.717) is 11.4 Å². The molecule has 3 N–H and O–H groups in total. The lowest BCUT2D eigenvalue weighted by Gasteiger charge is -2.12. The first-order valence-electron chi connectivity index (χ1n) is 5.28. The molecule has 0 aromatic heterocycles. The predicted octanol–water partition coefficient (Wildman–Crippen LogP) is 0.976. The van der Waals surface area contributed by atoms with Crippen molar-refractivity contribution in [3.63, 3.8) is 0 Å². The van der Waals surface area contributed by atoms with E-state index in [9.17, 15) is 8.42 Å². The third-order valence-electron chi connectivity index (χ3n) is 2.85. The minimum Gasteiger partial charge on any atom is -0.326 e. The van der Waals surface area contributed by atoms with E-state index in [-0.39, 0.29) is 5.54 Å².